The molecular weight excluding hydrogens is 712 g/mol. The highest BCUT2D eigenvalue weighted by molar-refractivity contribution is 6.35. The van der Waals surface area contributed by atoms with Gasteiger partial charge >= 0.3 is 0 Å². The number of nitrogen functional groups attached to an aromatic ring is 2. The number of pyridine rings is 2. The molecule has 2 saturated heterocycles. The number of aromatic nitrogens is 6. The largest absolute Gasteiger partial charge is 0.394 e. The first-order chi connectivity index (χ1) is 26.0. The highest BCUT2D eigenvalue weighted by atomic mass is 35.5. The van der Waals surface area contributed by atoms with Gasteiger partial charge in [0.25, 0.3) is 0 Å². The van der Waals surface area contributed by atoms with Gasteiger partial charge in [0.2, 0.25) is 0 Å². The van der Waals surface area contributed by atoms with Crippen LogP contribution in [0, 0.1) is 0 Å². The number of hydrogen-bond acceptors (Lipinski definition) is 13. The molecule has 0 radical (unpaired) electrons. The standard InChI is InChI=1S/C17H17ClN4O.C15H17N5O2.C6H13NO2/c18-13-10-16(19)21-14-9-11(4-5-12(13)14)15-6-7-20-22(15)17-3-1-2-8-23-17;16-15-6-14(18-10(7-21)8-22)11-2-1-9(5-13(11)19-15)12-3-4-17-20-12;1-6(2)8-3-5(7)4-9-6/h4-7,9-10,17H,1-3,8H2,(H2,19,21);1-6,10,21-22H,7-8H2,(H,17,20)(H3,16,18,19);5H,3-4,7H2,1-2H3. The number of nitrogens with one attached hydrogen (secondary N) is 2. The van der Waals surface area contributed by atoms with Crippen LogP contribution in [0.2, 0.25) is 5.02 Å². The molecule has 0 amide bonds. The molecule has 0 bridgehead atoms. The van der Waals surface area contributed by atoms with Crippen molar-refractivity contribution in [2.24, 2.45) is 5.73 Å². The molecule has 286 valence electrons. The van der Waals surface area contributed by atoms with E-state index in [0.29, 0.717) is 29.9 Å². The van der Waals surface area contributed by atoms with E-state index in [4.69, 9.17) is 43.0 Å². The van der Waals surface area contributed by atoms with E-state index in [0.717, 1.165) is 75.9 Å². The summed E-state index contributed by atoms with van der Waals surface area (Å²) in [6.07, 6.45) is 6.75. The zero-order valence-electron chi connectivity index (χ0n) is 30.3. The van der Waals surface area contributed by atoms with Gasteiger partial charge in [-0.15, -0.1) is 0 Å². The minimum Gasteiger partial charge on any atom is -0.394 e. The molecule has 6 heterocycles. The van der Waals surface area contributed by atoms with Crippen LogP contribution < -0.4 is 22.5 Å². The van der Waals surface area contributed by atoms with E-state index in [9.17, 15) is 10.2 Å². The highest BCUT2D eigenvalue weighted by Gasteiger charge is 2.26. The van der Waals surface area contributed by atoms with Gasteiger partial charge in [-0.25, -0.2) is 14.6 Å². The lowest BCUT2D eigenvalue weighted by atomic mass is 10.1. The van der Waals surface area contributed by atoms with Crippen LogP contribution in [-0.2, 0) is 14.2 Å². The number of ether oxygens (including phenoxy) is 3. The van der Waals surface area contributed by atoms with E-state index in [1.807, 2.05) is 67.1 Å². The highest BCUT2D eigenvalue weighted by Crippen LogP contribution is 2.32. The lowest BCUT2D eigenvalue weighted by Crippen LogP contribution is -2.45. The third-order valence-electron chi connectivity index (χ3n) is 8.91. The first-order valence-electron chi connectivity index (χ1n) is 17.8. The average molecular weight is 759 g/mol. The van der Waals surface area contributed by atoms with Crippen molar-refractivity contribution in [2.75, 3.05) is 49.8 Å². The third-order valence-corrected chi connectivity index (χ3v) is 9.22. The van der Waals surface area contributed by atoms with Gasteiger partial charge in [0.1, 0.15) is 11.6 Å². The van der Waals surface area contributed by atoms with Crippen molar-refractivity contribution in [3.63, 3.8) is 0 Å². The summed E-state index contributed by atoms with van der Waals surface area (Å²) in [4.78, 5) is 8.73. The first-order valence-corrected chi connectivity index (χ1v) is 18.1. The number of hydrogen-bond donors (Lipinski definition) is 7. The van der Waals surface area contributed by atoms with Gasteiger partial charge in [0.15, 0.2) is 12.0 Å². The predicted molar refractivity (Wildman–Crippen MR) is 211 cm³/mol. The molecule has 6 aromatic rings. The van der Waals surface area contributed by atoms with Crippen LogP contribution in [-0.4, -0.2) is 91.1 Å². The fraction of sp³-hybridized carbons (Fsp3) is 0.368. The van der Waals surface area contributed by atoms with Gasteiger partial charge in [-0.1, -0.05) is 35.9 Å². The number of nitrogens with zero attached hydrogens (tertiary/aromatic N) is 5. The number of nitrogens with two attached hydrogens (primary N) is 3. The number of halogens is 1. The van der Waals surface area contributed by atoms with E-state index in [-0.39, 0.29) is 25.5 Å². The Morgan fingerprint density at radius 1 is 0.907 bits per heavy atom. The van der Waals surface area contributed by atoms with Crippen molar-refractivity contribution in [1.82, 2.24) is 29.9 Å². The normalized spacial score (nSPS) is 17.1. The Bertz CT molecular complexity index is 2120. The molecule has 2 aliphatic heterocycles. The average Bonchev–Trinajstić information content (AvgIpc) is 3.89. The summed E-state index contributed by atoms with van der Waals surface area (Å²) in [6.45, 7) is 5.42. The smallest absolute Gasteiger partial charge is 0.162 e. The second-order valence-electron chi connectivity index (χ2n) is 13.5. The maximum absolute atomic E-state index is 9.22. The Labute approximate surface area is 317 Å². The van der Waals surface area contributed by atoms with Crippen LogP contribution in [0.25, 0.3) is 44.3 Å². The lowest BCUT2D eigenvalue weighted by Gasteiger charge is -2.33. The Hall–Kier alpha value is -4.87. The molecule has 16 heteroatoms. The zero-order valence-corrected chi connectivity index (χ0v) is 31.0. The van der Waals surface area contributed by atoms with Crippen molar-refractivity contribution in [3.05, 3.63) is 78.1 Å². The molecule has 0 aliphatic carbocycles. The fourth-order valence-electron chi connectivity index (χ4n) is 6.08. The lowest BCUT2D eigenvalue weighted by molar-refractivity contribution is -0.249. The Balaban J connectivity index is 0.000000151. The predicted octanol–water partition coefficient (Wildman–Crippen LogP) is 5.10. The SMILES string of the molecule is CC1(C)OCC(N)CO1.Nc1cc(Cl)c2ccc(-c3ccnn3C3CCCCO3)cc2n1.Nc1cc(NC(CO)CO)c2ccc(-c3ccn[nH]3)cc2n1. The number of aliphatic hydroxyl groups excluding tert-OH is 2. The molecule has 54 heavy (non-hydrogen) atoms. The molecule has 10 N–H and O–H groups in total. The molecule has 1 atom stereocenters. The Morgan fingerprint density at radius 3 is 2.26 bits per heavy atom. The molecule has 4 aromatic heterocycles. The fourth-order valence-corrected chi connectivity index (χ4v) is 6.35. The second kappa shape index (κ2) is 17.5. The molecule has 0 saturated carbocycles. The number of fused-ring (bicyclic) bond motifs is 2. The summed E-state index contributed by atoms with van der Waals surface area (Å²) in [6, 6.07) is 18.6. The summed E-state index contributed by atoms with van der Waals surface area (Å²) in [5.74, 6) is 0.366. The van der Waals surface area contributed by atoms with Crippen LogP contribution in [0.3, 0.4) is 0 Å². The molecular formula is C38H47ClN10O5. The van der Waals surface area contributed by atoms with Crippen LogP contribution in [0.5, 0.6) is 0 Å². The van der Waals surface area contributed by atoms with Gasteiger partial charge in [-0.2, -0.15) is 10.2 Å². The summed E-state index contributed by atoms with van der Waals surface area (Å²) in [7, 11) is 0. The molecule has 2 aromatic carbocycles. The summed E-state index contributed by atoms with van der Waals surface area (Å²) < 4.78 is 18.3. The number of H-pyrrole nitrogens is 1. The van der Waals surface area contributed by atoms with Gasteiger partial charge < -0.3 is 46.9 Å². The van der Waals surface area contributed by atoms with E-state index >= 15 is 0 Å². The summed E-state index contributed by atoms with van der Waals surface area (Å²) >= 11 is 6.24. The molecule has 2 fully saturated rings. The maximum Gasteiger partial charge on any atom is 0.162 e. The summed E-state index contributed by atoms with van der Waals surface area (Å²) in [5.41, 5.74) is 23.3. The minimum absolute atomic E-state index is 0.00170. The first kappa shape index (κ1) is 38.8. The van der Waals surface area contributed by atoms with E-state index in [1.54, 1.807) is 24.5 Å². The Kier molecular flexibility index (Phi) is 12.6. The monoisotopic (exact) mass is 758 g/mol. The third kappa shape index (κ3) is 9.62. The molecule has 1 unspecified atom stereocenters. The van der Waals surface area contributed by atoms with Crippen molar-refractivity contribution in [1.29, 1.82) is 0 Å². The quantitative estimate of drug-likeness (QED) is 0.112. The van der Waals surface area contributed by atoms with Crippen LogP contribution >= 0.6 is 11.6 Å². The van der Waals surface area contributed by atoms with Crippen molar-refractivity contribution in [3.8, 4) is 22.5 Å². The van der Waals surface area contributed by atoms with E-state index < -0.39 is 11.8 Å². The Morgan fingerprint density at radius 2 is 1.59 bits per heavy atom. The maximum atomic E-state index is 9.22. The topological polar surface area (TPSA) is 231 Å². The number of rotatable bonds is 7. The second-order valence-corrected chi connectivity index (χ2v) is 13.9. The number of aromatic amines is 1. The minimum atomic E-state index is -0.447. The van der Waals surface area contributed by atoms with Crippen LogP contribution in [0.15, 0.2) is 73.1 Å². The van der Waals surface area contributed by atoms with E-state index in [1.165, 1.54) is 0 Å². The van der Waals surface area contributed by atoms with Crippen molar-refractivity contribution >= 4 is 50.7 Å². The summed E-state index contributed by atoms with van der Waals surface area (Å²) in [5, 5.41) is 35.2. The van der Waals surface area contributed by atoms with E-state index in [2.05, 4.69) is 30.6 Å². The van der Waals surface area contributed by atoms with Crippen LogP contribution in [0.1, 0.15) is 39.3 Å². The number of aliphatic hydroxyl groups is 2. The molecule has 8 rings (SSSR count). The van der Waals surface area contributed by atoms with Crippen molar-refractivity contribution < 1.29 is 24.4 Å². The van der Waals surface area contributed by atoms with Gasteiger partial charge in [0.05, 0.1) is 66.0 Å². The number of anilines is 3. The molecule has 0 spiro atoms. The van der Waals surface area contributed by atoms with Gasteiger partial charge in [0, 0.05) is 52.7 Å². The molecule has 2 aliphatic rings. The zero-order chi connectivity index (χ0) is 38.2. The van der Waals surface area contributed by atoms with Gasteiger partial charge in [-0.05, 0) is 63.4 Å². The van der Waals surface area contributed by atoms with Gasteiger partial charge in [-0.3, -0.25) is 5.10 Å². The van der Waals surface area contributed by atoms with Crippen molar-refractivity contribution in [2.45, 2.75) is 57.2 Å². The molecule has 15 nitrogen and oxygen atoms in total. The van der Waals surface area contributed by atoms with Crippen LogP contribution in [0.4, 0.5) is 17.3 Å². The number of benzene rings is 2.